The fourth-order valence-corrected chi connectivity index (χ4v) is 4.10. The third kappa shape index (κ3) is 5.22. The third-order valence-electron chi connectivity index (χ3n) is 4.30. The monoisotopic (exact) mass is 448 g/mol. The van der Waals surface area contributed by atoms with Gasteiger partial charge in [-0.2, -0.15) is 0 Å². The van der Waals surface area contributed by atoms with Crippen molar-refractivity contribution in [3.8, 4) is 0 Å². The zero-order valence-corrected chi connectivity index (χ0v) is 18.5. The maximum atomic E-state index is 13.7. The number of thioether (sulfide) groups is 1. The smallest absolute Gasteiger partial charge is 0.239 e. The number of aryl methyl sites for hydroxylation is 2. The van der Waals surface area contributed by atoms with Crippen LogP contribution in [0.5, 0.6) is 0 Å². The number of nitrogens with zero attached hydrogens (tertiary/aromatic N) is 4. The minimum atomic E-state index is -0.509. The predicted molar refractivity (Wildman–Crippen MR) is 115 cm³/mol. The van der Waals surface area contributed by atoms with Gasteiger partial charge in [-0.25, -0.2) is 9.37 Å². The summed E-state index contributed by atoms with van der Waals surface area (Å²) < 4.78 is 15.3. The van der Waals surface area contributed by atoms with Crippen LogP contribution in [-0.2, 0) is 23.1 Å². The standard InChI is InChI=1S/C19H21FN6O2S2/c1-10-11(2)29-18(21-10)23-17(28)12(3)30-19-25-24-15(26(19)4)9-16(27)22-14-8-6-5-7-13(14)20/h5-8,12H,9H2,1-4H3,(H,22,27)(H,21,23,28)/t12-/m0/s1. The highest BCUT2D eigenvalue weighted by atomic mass is 32.2. The molecule has 0 aliphatic heterocycles. The van der Waals surface area contributed by atoms with Crippen molar-refractivity contribution in [3.05, 3.63) is 46.5 Å². The second-order valence-corrected chi connectivity index (χ2v) is 9.08. The zero-order valence-electron chi connectivity index (χ0n) is 16.9. The highest BCUT2D eigenvalue weighted by Gasteiger charge is 2.21. The Kier molecular flexibility index (Phi) is 6.83. The number of anilines is 2. The van der Waals surface area contributed by atoms with E-state index in [1.165, 1.54) is 35.2 Å². The van der Waals surface area contributed by atoms with Crippen LogP contribution in [0.4, 0.5) is 15.2 Å². The molecule has 8 nitrogen and oxygen atoms in total. The van der Waals surface area contributed by atoms with E-state index < -0.39 is 17.0 Å². The fourth-order valence-electron chi connectivity index (χ4n) is 2.45. The lowest BCUT2D eigenvalue weighted by Crippen LogP contribution is -2.23. The summed E-state index contributed by atoms with van der Waals surface area (Å²) in [6.45, 7) is 5.60. The molecule has 1 aromatic carbocycles. The van der Waals surface area contributed by atoms with E-state index in [0.717, 1.165) is 10.6 Å². The van der Waals surface area contributed by atoms with Crippen LogP contribution in [0.1, 0.15) is 23.3 Å². The molecule has 0 aliphatic rings. The van der Waals surface area contributed by atoms with Crippen molar-refractivity contribution in [2.45, 2.75) is 37.6 Å². The predicted octanol–water partition coefficient (Wildman–Crippen LogP) is 3.33. The van der Waals surface area contributed by atoms with Crippen molar-refractivity contribution in [3.63, 3.8) is 0 Å². The van der Waals surface area contributed by atoms with E-state index in [1.807, 2.05) is 13.8 Å². The fraction of sp³-hybridized carbons (Fsp3) is 0.316. The summed E-state index contributed by atoms with van der Waals surface area (Å²) in [5.74, 6) is -0.710. The highest BCUT2D eigenvalue weighted by Crippen LogP contribution is 2.25. The zero-order chi connectivity index (χ0) is 21.8. The minimum Gasteiger partial charge on any atom is -0.323 e. The molecule has 0 unspecified atom stereocenters. The first-order valence-corrected chi connectivity index (χ1v) is 10.8. The number of hydrogen-bond donors (Lipinski definition) is 2. The summed E-state index contributed by atoms with van der Waals surface area (Å²) in [7, 11) is 1.71. The SMILES string of the molecule is Cc1nc(NC(=O)[C@H](C)Sc2nnc(CC(=O)Nc3ccccc3F)n2C)sc1C. The molecule has 0 bridgehead atoms. The summed E-state index contributed by atoms with van der Waals surface area (Å²) in [6.07, 6.45) is -0.0728. The molecule has 0 fully saturated rings. The Morgan fingerprint density at radius 3 is 2.63 bits per heavy atom. The van der Waals surface area contributed by atoms with Crippen molar-refractivity contribution in [2.75, 3.05) is 10.6 Å². The first kappa shape index (κ1) is 21.9. The average Bonchev–Trinajstić information content (AvgIpc) is 3.19. The number of para-hydroxylation sites is 1. The quantitative estimate of drug-likeness (QED) is 0.538. The first-order chi connectivity index (χ1) is 14.2. The van der Waals surface area contributed by atoms with E-state index >= 15 is 0 Å². The number of carbonyl (C=O) groups excluding carboxylic acids is 2. The normalized spacial score (nSPS) is 11.9. The molecule has 0 aliphatic carbocycles. The molecule has 158 valence electrons. The molecule has 30 heavy (non-hydrogen) atoms. The summed E-state index contributed by atoms with van der Waals surface area (Å²) >= 11 is 2.65. The van der Waals surface area contributed by atoms with Gasteiger partial charge >= 0.3 is 0 Å². The summed E-state index contributed by atoms with van der Waals surface area (Å²) in [4.78, 5) is 30.0. The number of hydrogen-bond acceptors (Lipinski definition) is 7. The van der Waals surface area contributed by atoms with Gasteiger partial charge in [-0.15, -0.1) is 21.5 Å². The van der Waals surface area contributed by atoms with Gasteiger partial charge in [-0.3, -0.25) is 9.59 Å². The van der Waals surface area contributed by atoms with Crippen LogP contribution < -0.4 is 10.6 Å². The van der Waals surface area contributed by atoms with Crippen molar-refractivity contribution >= 4 is 45.7 Å². The van der Waals surface area contributed by atoms with Gasteiger partial charge in [-0.1, -0.05) is 23.9 Å². The van der Waals surface area contributed by atoms with E-state index in [1.54, 1.807) is 30.7 Å². The second-order valence-electron chi connectivity index (χ2n) is 6.57. The maximum Gasteiger partial charge on any atom is 0.239 e. The molecule has 0 saturated heterocycles. The average molecular weight is 449 g/mol. The van der Waals surface area contributed by atoms with E-state index in [9.17, 15) is 14.0 Å². The summed E-state index contributed by atoms with van der Waals surface area (Å²) in [5, 5.41) is 14.0. The number of nitrogens with one attached hydrogen (secondary N) is 2. The van der Waals surface area contributed by atoms with Crippen LogP contribution in [0, 0.1) is 19.7 Å². The van der Waals surface area contributed by atoms with Crippen LogP contribution in [0.3, 0.4) is 0 Å². The summed E-state index contributed by atoms with van der Waals surface area (Å²) in [5.41, 5.74) is 0.999. The van der Waals surface area contributed by atoms with Gasteiger partial charge in [0.2, 0.25) is 11.8 Å². The topological polar surface area (TPSA) is 102 Å². The van der Waals surface area contributed by atoms with Crippen molar-refractivity contribution in [1.29, 1.82) is 0 Å². The van der Waals surface area contributed by atoms with Gasteiger partial charge in [0.15, 0.2) is 10.3 Å². The summed E-state index contributed by atoms with van der Waals surface area (Å²) in [6, 6.07) is 5.94. The molecule has 3 aromatic rings. The molecule has 0 spiro atoms. The van der Waals surface area contributed by atoms with Gasteiger partial charge in [0.05, 0.1) is 23.1 Å². The minimum absolute atomic E-state index is 0.0728. The lowest BCUT2D eigenvalue weighted by molar-refractivity contribution is -0.116. The number of thiazole rings is 1. The van der Waals surface area contributed by atoms with Crippen LogP contribution >= 0.6 is 23.1 Å². The molecule has 0 radical (unpaired) electrons. The molecule has 1 atom stereocenters. The number of rotatable bonds is 7. The van der Waals surface area contributed by atoms with Gasteiger partial charge in [0, 0.05) is 11.9 Å². The van der Waals surface area contributed by atoms with E-state index in [-0.39, 0.29) is 18.0 Å². The number of halogens is 1. The van der Waals surface area contributed by atoms with Crippen LogP contribution in [0.2, 0.25) is 0 Å². The molecular weight excluding hydrogens is 427 g/mol. The Labute approximate surface area is 181 Å². The lowest BCUT2D eigenvalue weighted by Gasteiger charge is -2.10. The van der Waals surface area contributed by atoms with Crippen molar-refractivity contribution < 1.29 is 14.0 Å². The van der Waals surface area contributed by atoms with Crippen molar-refractivity contribution in [1.82, 2.24) is 19.7 Å². The number of aromatic nitrogens is 4. The largest absolute Gasteiger partial charge is 0.323 e. The Bertz CT molecular complexity index is 1060. The first-order valence-electron chi connectivity index (χ1n) is 9.08. The van der Waals surface area contributed by atoms with E-state index in [0.29, 0.717) is 16.1 Å². The number of amides is 2. The molecule has 0 saturated carbocycles. The van der Waals surface area contributed by atoms with Gasteiger partial charge in [0.1, 0.15) is 11.6 Å². The van der Waals surface area contributed by atoms with Gasteiger partial charge in [0.25, 0.3) is 0 Å². The molecular formula is C19H21FN6O2S2. The molecule has 11 heteroatoms. The molecule has 2 N–H and O–H groups in total. The molecule has 2 aromatic heterocycles. The lowest BCUT2D eigenvalue weighted by atomic mass is 10.3. The Hall–Kier alpha value is -2.79. The highest BCUT2D eigenvalue weighted by molar-refractivity contribution is 8.00. The second kappa shape index (κ2) is 9.35. The van der Waals surface area contributed by atoms with Gasteiger partial charge < -0.3 is 15.2 Å². The maximum absolute atomic E-state index is 13.7. The Balaban J connectivity index is 1.59. The Morgan fingerprint density at radius 2 is 1.97 bits per heavy atom. The molecule has 2 amide bonds. The number of carbonyl (C=O) groups is 2. The Morgan fingerprint density at radius 1 is 1.23 bits per heavy atom. The van der Waals surface area contributed by atoms with Crippen LogP contribution in [0.25, 0.3) is 0 Å². The molecule has 3 rings (SSSR count). The van der Waals surface area contributed by atoms with Gasteiger partial charge in [-0.05, 0) is 32.9 Å². The molecule has 2 heterocycles. The van der Waals surface area contributed by atoms with Crippen LogP contribution in [0.15, 0.2) is 29.4 Å². The number of benzene rings is 1. The van der Waals surface area contributed by atoms with E-state index in [2.05, 4.69) is 25.8 Å². The van der Waals surface area contributed by atoms with Crippen molar-refractivity contribution in [2.24, 2.45) is 7.05 Å². The third-order valence-corrected chi connectivity index (χ3v) is 6.42. The van der Waals surface area contributed by atoms with E-state index in [4.69, 9.17) is 0 Å². The van der Waals surface area contributed by atoms with Crippen LogP contribution in [-0.4, -0.2) is 36.8 Å².